The van der Waals surface area contributed by atoms with E-state index in [2.05, 4.69) is 153 Å². The Hall–Kier alpha value is 1.99. The van der Waals surface area contributed by atoms with Gasteiger partial charge in [0.2, 0.25) is 23.0 Å². The molecule has 6 aliphatic rings. The summed E-state index contributed by atoms with van der Waals surface area (Å²) in [4.78, 5) is 70.1. The van der Waals surface area contributed by atoms with Crippen LogP contribution in [0.3, 0.4) is 0 Å². The number of nitrogens with zero attached hydrogens (tertiary/aromatic N) is 3. The summed E-state index contributed by atoms with van der Waals surface area (Å²) in [6.45, 7) is 16.0. The largest absolute Gasteiger partial charge is 0.468 e. The molecule has 2 unspecified atom stereocenters. The molecule has 6 saturated heterocycles. The number of halogens is 8. The van der Waals surface area contributed by atoms with Crippen molar-refractivity contribution in [2.24, 2.45) is 0 Å². The minimum Gasteiger partial charge on any atom is -0.468 e. The third-order valence-corrected chi connectivity index (χ3v) is 13.2. The van der Waals surface area contributed by atoms with Gasteiger partial charge in [-0.1, -0.05) is 115 Å². The first-order valence-corrected chi connectivity index (χ1v) is 28.0. The van der Waals surface area contributed by atoms with Gasteiger partial charge in [-0.25, -0.2) is 4.79 Å². The average Bonchev–Trinajstić information content (AvgIpc) is 4.12. The van der Waals surface area contributed by atoms with E-state index < -0.39 is 47.6 Å². The minimum atomic E-state index is -0.897. The Morgan fingerprint density at radius 1 is 0.817 bits per heavy atom. The van der Waals surface area contributed by atoms with Gasteiger partial charge in [0.15, 0.2) is 6.04 Å². The number of unbranched alkanes of at least 4 members (excludes halogenated alkanes) is 2. The van der Waals surface area contributed by atoms with Gasteiger partial charge < -0.3 is 85.2 Å². The van der Waals surface area contributed by atoms with Crippen LogP contribution in [0.1, 0.15) is 92.4 Å². The van der Waals surface area contributed by atoms with Crippen molar-refractivity contribution in [3.8, 4) is 0 Å². The molecule has 8 atom stereocenters. The van der Waals surface area contributed by atoms with Crippen molar-refractivity contribution in [2.45, 2.75) is 140 Å². The van der Waals surface area contributed by atoms with Crippen LogP contribution < -0.4 is 16.0 Å². The van der Waals surface area contributed by atoms with E-state index in [1.54, 1.807) is 0 Å². The molecular formula is C43H78Cl4I4N6O12V2-2. The van der Waals surface area contributed by atoms with E-state index in [9.17, 15) is 44.1 Å². The molecule has 2 radical (unpaired) electrons. The molecule has 71 heavy (non-hydrogen) atoms. The second-order valence-corrected chi connectivity index (χ2v) is 28.8. The molecule has 6 fully saturated rings. The maximum absolute atomic E-state index is 11.3. The molecule has 0 aromatic carbocycles. The Morgan fingerprint density at radius 3 is 1.75 bits per heavy atom. The molecule has 420 valence electrons. The number of hydrogen-bond donors (Lipinski definition) is 7. The number of ether oxygens (including phenoxy) is 2. The number of carbonyl (C=O) groups excluding carboxylic acids is 6. The molecule has 0 aromatic rings. The zero-order chi connectivity index (χ0) is 51.7. The molecule has 7 N–H and O–H groups in total. The van der Waals surface area contributed by atoms with Gasteiger partial charge in [-0.3, -0.25) is 33.3 Å². The Labute approximate surface area is 523 Å². The number of aliphatic hydroxyl groups excluding tert-OH is 4. The Balaban J connectivity index is -0.000000174. The summed E-state index contributed by atoms with van der Waals surface area (Å²) in [7, 11) is 2.53. The topological polar surface area (TPSA) is 248 Å². The second-order valence-electron chi connectivity index (χ2n) is 15.3. The van der Waals surface area contributed by atoms with E-state index in [0.29, 0.717) is 44.4 Å². The third kappa shape index (κ3) is 36.7. The van der Waals surface area contributed by atoms with Crippen molar-refractivity contribution in [3.63, 3.8) is 0 Å². The number of methoxy groups -OCH3 is 2. The summed E-state index contributed by atoms with van der Waals surface area (Å²) in [6, 6.07) is -1.63. The number of likely N-dealkylation sites (tertiary alicyclic amines) is 1. The molecule has 0 aromatic heterocycles. The number of hydrogen-bond acceptors (Lipinski definition) is 15. The molecule has 6 rings (SSSR count). The number of aliphatic hydroxyl groups is 4. The van der Waals surface area contributed by atoms with Gasteiger partial charge >= 0.3 is 11.9 Å². The van der Waals surface area contributed by atoms with Gasteiger partial charge in [-0.15, -0.1) is 35.6 Å². The van der Waals surface area contributed by atoms with Crippen molar-refractivity contribution in [2.75, 3.05) is 78.3 Å². The number of carbonyl (C=O) groups is 6. The maximum Gasteiger partial charge on any atom is 0.331 e. The smallest absolute Gasteiger partial charge is 0.331 e. The van der Waals surface area contributed by atoms with Crippen molar-refractivity contribution in [1.82, 2.24) is 30.7 Å². The Kier molecular flexibility index (Phi) is 59.6. The first kappa shape index (κ1) is 84.3. The SMILES string of the molecule is C.CCCC(I)(I)I.CCC[CH-]I.COC(=O)[C@@H]1[C@@H](O)CCN1C(=O)CCl.COC(=O)[C@H]1NCC[C@@H]1O.Cl.O=C(Cl)CCl.O=C1NCC(=O)N2CC[C@H](O)C12.O[C@H]1CCN2CCNCC12.[CH2-]CCC.[V].[V]. The molecule has 6 aliphatic heterocycles. The zero-order valence-corrected chi connectivity index (χ0v) is 54.9. The van der Waals surface area contributed by atoms with Crippen LogP contribution in [0.4, 0.5) is 0 Å². The van der Waals surface area contributed by atoms with E-state index in [4.69, 9.17) is 39.9 Å². The standard InChI is InChI=1S/C8H12ClNO4.C7H10N2O3.C7H14N2O.C6H11NO3.C4H7I3.C4H8I.C4H9.C2H2Cl2O.CH4.ClH.2V/c1-14-8(13)7-5(11)2-3-10(7)6(12)4-9;10-4-1-2-9-5(11)3-8-7(12)6(4)9;10-7-1-3-9-4-2-8-5-6(7)9;1-10-6(9)5-4(8)2-3-7-5;1-2-3-4(5,6)7;1-2-3-4-5;1-3-4-2;3-1-2(4)5;;;;/h5,7,11H,2-4H2,1H3;4,6,10H,1-3H2,(H,8,12);6-8,10H,1-5H2;4-5,7-8H,2-3H2,1H3;2-3H2,1H3;4H,2-3H2,1H3;1,3-4H2,2H3;1H2;1H4;1H;;/q;;;;;2*-1;;;;;/t5-,7-;4-,6?;6?,7-;4-,5-;;;;;;;;/m0000......../s1. The number of nitrogens with one attached hydrogen (secondary N) is 3. The number of amides is 3. The number of piperazine rings is 2. The van der Waals surface area contributed by atoms with E-state index in [1.165, 1.54) is 56.1 Å². The van der Waals surface area contributed by atoms with E-state index in [1.807, 2.05) is 0 Å². The molecule has 18 nitrogen and oxygen atoms in total. The van der Waals surface area contributed by atoms with Crippen molar-refractivity contribution < 1.29 is 95.8 Å². The van der Waals surface area contributed by atoms with Crippen LogP contribution in [-0.4, -0.2) is 196 Å². The maximum atomic E-state index is 11.3. The summed E-state index contributed by atoms with van der Waals surface area (Å²) in [5.74, 6) is -1.98. The predicted octanol–water partition coefficient (Wildman–Crippen LogP) is 5.14. The number of fused-ring (bicyclic) bond motifs is 2. The summed E-state index contributed by atoms with van der Waals surface area (Å²) in [6.07, 6.45) is 7.68. The molecule has 6 heterocycles. The quantitative estimate of drug-likeness (QED) is 0.0520. The average molecular weight is 1620 g/mol. The van der Waals surface area contributed by atoms with Gasteiger partial charge in [-0.2, -0.15) is 12.8 Å². The molecule has 0 bridgehead atoms. The molecule has 0 saturated carbocycles. The van der Waals surface area contributed by atoms with Crippen LogP contribution in [0.25, 0.3) is 0 Å². The van der Waals surface area contributed by atoms with Gasteiger partial charge in [0, 0.05) is 82.4 Å². The van der Waals surface area contributed by atoms with Gasteiger partial charge in [-0.05, 0) is 50.2 Å². The first-order chi connectivity index (χ1) is 31.6. The Morgan fingerprint density at radius 2 is 1.37 bits per heavy atom. The second kappa shape index (κ2) is 50.2. The first-order valence-electron chi connectivity index (χ1n) is 22.1. The number of esters is 2. The van der Waals surface area contributed by atoms with Crippen molar-refractivity contribution in [1.29, 1.82) is 0 Å². The van der Waals surface area contributed by atoms with Crippen molar-refractivity contribution >= 4 is 172 Å². The normalized spacial score (nSPS) is 24.2. The van der Waals surface area contributed by atoms with Gasteiger partial charge in [0.05, 0.1) is 51.1 Å². The minimum absolute atomic E-state index is 0. The van der Waals surface area contributed by atoms with Crippen LogP contribution in [0.5, 0.6) is 0 Å². The summed E-state index contributed by atoms with van der Waals surface area (Å²) >= 11 is 24.5. The van der Waals surface area contributed by atoms with Crippen LogP contribution in [0.2, 0.25) is 0 Å². The molecule has 0 aliphatic carbocycles. The molecule has 0 spiro atoms. The van der Waals surface area contributed by atoms with Crippen LogP contribution in [-0.2, 0) is 75.4 Å². The summed E-state index contributed by atoms with van der Waals surface area (Å²) in [5, 5.41) is 45.4. The van der Waals surface area contributed by atoms with Crippen LogP contribution in [0.15, 0.2) is 0 Å². The molecule has 28 heteroatoms. The van der Waals surface area contributed by atoms with E-state index in [0.717, 1.165) is 39.0 Å². The summed E-state index contributed by atoms with van der Waals surface area (Å²) < 4.78 is 11.5. The van der Waals surface area contributed by atoms with E-state index >= 15 is 0 Å². The fraction of sp³-hybridized carbons (Fsp3) is 0.814. The number of alkyl halides is 5. The Bertz CT molecular complexity index is 1430. The fourth-order valence-electron chi connectivity index (χ4n) is 6.64. The molecule has 3 amide bonds. The van der Waals surface area contributed by atoms with Gasteiger partial charge in [0.1, 0.15) is 17.4 Å². The van der Waals surface area contributed by atoms with E-state index in [-0.39, 0.29) is 105 Å². The summed E-state index contributed by atoms with van der Waals surface area (Å²) in [5.41, 5.74) is 0. The monoisotopic (exact) mass is 1620 g/mol. The van der Waals surface area contributed by atoms with Crippen LogP contribution in [0, 0.1) is 11.4 Å². The third-order valence-electron chi connectivity index (χ3n) is 10.2. The zero-order valence-electron chi connectivity index (χ0n) is 40.4. The predicted molar refractivity (Wildman–Crippen MR) is 310 cm³/mol. The molecular weight excluding hydrogens is 1540 g/mol. The van der Waals surface area contributed by atoms with Gasteiger partial charge in [0.25, 0.3) is 0 Å². The van der Waals surface area contributed by atoms with Crippen molar-refractivity contribution in [3.05, 3.63) is 11.4 Å². The van der Waals surface area contributed by atoms with Crippen LogP contribution >= 0.6 is 138 Å². The number of rotatable bonds is 9. The fourth-order valence-corrected chi connectivity index (χ4v) is 9.04.